The zero-order chi connectivity index (χ0) is 21.1. The van der Waals surface area contributed by atoms with Gasteiger partial charge in [0, 0.05) is 57.2 Å². The minimum absolute atomic E-state index is 0.0131. The van der Waals surface area contributed by atoms with Crippen molar-refractivity contribution in [1.29, 1.82) is 0 Å². The number of amides is 1. The van der Waals surface area contributed by atoms with Crippen LogP contribution < -0.4 is 10.2 Å². The summed E-state index contributed by atoms with van der Waals surface area (Å²) in [6.45, 7) is 6.11. The number of piperidine rings is 1. The highest BCUT2D eigenvalue weighted by Crippen LogP contribution is 2.25. The topological polar surface area (TPSA) is 99.4 Å². The van der Waals surface area contributed by atoms with E-state index in [0.717, 1.165) is 50.3 Å². The van der Waals surface area contributed by atoms with Crippen LogP contribution in [0.2, 0.25) is 0 Å². The van der Waals surface area contributed by atoms with Crippen LogP contribution in [0.4, 0.5) is 5.95 Å². The molecule has 4 heterocycles. The highest BCUT2D eigenvalue weighted by atomic mass is 16.3. The smallest absolute Gasteiger partial charge is 0.252 e. The summed E-state index contributed by atoms with van der Waals surface area (Å²) in [6, 6.07) is 1.86. The number of likely N-dealkylation sites (tertiary alicyclic amines) is 1. The molecular formula is C21H31N7O2. The van der Waals surface area contributed by atoms with E-state index in [1.807, 2.05) is 19.3 Å². The number of anilines is 1. The maximum absolute atomic E-state index is 12.8. The van der Waals surface area contributed by atoms with Gasteiger partial charge in [-0.05, 0) is 38.3 Å². The molecule has 1 unspecified atom stereocenters. The first-order valence-electron chi connectivity index (χ1n) is 10.8. The highest BCUT2D eigenvalue weighted by molar-refractivity contribution is 5.85. The van der Waals surface area contributed by atoms with Crippen LogP contribution in [0.15, 0.2) is 24.7 Å². The summed E-state index contributed by atoms with van der Waals surface area (Å²) < 4.78 is 1.75. The molecule has 1 atom stereocenters. The van der Waals surface area contributed by atoms with E-state index in [1.54, 1.807) is 17.1 Å². The van der Waals surface area contributed by atoms with Crippen LogP contribution in [0.5, 0.6) is 0 Å². The van der Waals surface area contributed by atoms with Crippen molar-refractivity contribution in [1.82, 2.24) is 30.0 Å². The minimum atomic E-state index is -1.26. The van der Waals surface area contributed by atoms with Gasteiger partial charge >= 0.3 is 0 Å². The number of nitrogens with zero attached hydrogens (tertiary/aromatic N) is 6. The molecule has 0 saturated carbocycles. The van der Waals surface area contributed by atoms with Gasteiger partial charge in [-0.15, -0.1) is 0 Å². The van der Waals surface area contributed by atoms with Gasteiger partial charge in [-0.2, -0.15) is 5.10 Å². The molecular weight excluding hydrogens is 382 g/mol. The second kappa shape index (κ2) is 8.69. The lowest BCUT2D eigenvalue weighted by molar-refractivity contribution is -0.145. The highest BCUT2D eigenvalue weighted by Gasteiger charge is 2.40. The van der Waals surface area contributed by atoms with Crippen molar-refractivity contribution in [2.24, 2.45) is 7.05 Å². The van der Waals surface area contributed by atoms with E-state index in [9.17, 15) is 9.90 Å². The van der Waals surface area contributed by atoms with Crippen LogP contribution >= 0.6 is 0 Å². The maximum Gasteiger partial charge on any atom is 0.252 e. The van der Waals surface area contributed by atoms with Gasteiger partial charge in [-0.1, -0.05) is 6.92 Å². The lowest BCUT2D eigenvalue weighted by atomic mass is 9.90. The van der Waals surface area contributed by atoms with Gasteiger partial charge in [0.15, 0.2) is 0 Å². The Hall–Kier alpha value is -2.52. The zero-order valence-corrected chi connectivity index (χ0v) is 17.8. The maximum atomic E-state index is 12.8. The Balaban J connectivity index is 1.34. The van der Waals surface area contributed by atoms with Crippen molar-refractivity contribution in [3.8, 4) is 11.3 Å². The third kappa shape index (κ3) is 4.46. The molecule has 162 valence electrons. The molecule has 0 spiro atoms. The second-order valence-corrected chi connectivity index (χ2v) is 8.42. The standard InChI is InChI=1S/C21H31N7O2/c1-3-9-27-11-6-21(30,7-12-27)19(29)24-17-5-10-28(15-17)20-22-8-4-18(25-20)16-13-23-26(2)14-16/h4,8,13-14,17,30H,3,5-7,9-12,15H2,1-2H3,(H,24,29). The molecule has 2 aliphatic heterocycles. The van der Waals surface area contributed by atoms with E-state index in [1.165, 1.54) is 0 Å². The molecule has 2 aromatic rings. The number of nitrogens with one attached hydrogen (secondary N) is 1. The van der Waals surface area contributed by atoms with Crippen LogP contribution in [0.1, 0.15) is 32.6 Å². The van der Waals surface area contributed by atoms with Crippen molar-refractivity contribution in [3.05, 3.63) is 24.7 Å². The number of carbonyl (C=O) groups excluding carboxylic acids is 1. The number of hydrogen-bond donors (Lipinski definition) is 2. The van der Waals surface area contributed by atoms with Crippen molar-refractivity contribution in [3.63, 3.8) is 0 Å². The van der Waals surface area contributed by atoms with Crippen molar-refractivity contribution in [2.45, 2.75) is 44.2 Å². The molecule has 0 radical (unpaired) electrons. The molecule has 2 N–H and O–H groups in total. The summed E-state index contributed by atoms with van der Waals surface area (Å²) in [5.41, 5.74) is 0.518. The lowest BCUT2D eigenvalue weighted by Crippen LogP contribution is -2.56. The molecule has 1 amide bonds. The Kier molecular flexibility index (Phi) is 6.01. The average molecular weight is 414 g/mol. The first-order valence-corrected chi connectivity index (χ1v) is 10.8. The van der Waals surface area contributed by atoms with E-state index in [4.69, 9.17) is 0 Å². The molecule has 9 heteroatoms. The molecule has 30 heavy (non-hydrogen) atoms. The Bertz CT molecular complexity index is 876. The summed E-state index contributed by atoms with van der Waals surface area (Å²) in [5, 5.41) is 18.1. The normalized spacial score (nSPS) is 21.7. The van der Waals surface area contributed by atoms with Gasteiger partial charge in [-0.25, -0.2) is 9.97 Å². The van der Waals surface area contributed by atoms with Gasteiger partial charge in [0.2, 0.25) is 5.95 Å². The fourth-order valence-electron chi connectivity index (χ4n) is 4.28. The molecule has 0 aromatic carbocycles. The third-order valence-electron chi connectivity index (χ3n) is 6.10. The van der Waals surface area contributed by atoms with Crippen LogP contribution in [0.25, 0.3) is 11.3 Å². The Morgan fingerprint density at radius 1 is 1.33 bits per heavy atom. The fourth-order valence-corrected chi connectivity index (χ4v) is 4.28. The Labute approximate surface area is 177 Å². The third-order valence-corrected chi connectivity index (χ3v) is 6.10. The second-order valence-electron chi connectivity index (χ2n) is 8.42. The number of rotatable bonds is 6. The van der Waals surface area contributed by atoms with Gasteiger partial charge in [0.1, 0.15) is 5.60 Å². The molecule has 9 nitrogen and oxygen atoms in total. The van der Waals surface area contributed by atoms with Crippen LogP contribution in [-0.4, -0.2) is 80.0 Å². The largest absolute Gasteiger partial charge is 0.380 e. The van der Waals surface area contributed by atoms with Gasteiger partial charge in [-0.3, -0.25) is 9.48 Å². The molecule has 0 aliphatic carbocycles. The van der Waals surface area contributed by atoms with E-state index in [0.29, 0.717) is 25.3 Å². The summed E-state index contributed by atoms with van der Waals surface area (Å²) in [5.74, 6) is 0.412. The van der Waals surface area contributed by atoms with Gasteiger partial charge < -0.3 is 20.2 Å². The van der Waals surface area contributed by atoms with Crippen LogP contribution in [0, 0.1) is 0 Å². The summed E-state index contributed by atoms with van der Waals surface area (Å²) >= 11 is 0. The number of aromatic nitrogens is 4. The quantitative estimate of drug-likeness (QED) is 0.723. The summed E-state index contributed by atoms with van der Waals surface area (Å²) in [4.78, 5) is 26.3. The summed E-state index contributed by atoms with van der Waals surface area (Å²) in [6.07, 6.45) is 8.34. The Morgan fingerprint density at radius 3 is 2.83 bits per heavy atom. The van der Waals surface area contributed by atoms with E-state index < -0.39 is 5.60 Å². The lowest BCUT2D eigenvalue weighted by Gasteiger charge is -2.37. The number of hydrogen-bond acceptors (Lipinski definition) is 7. The molecule has 2 aromatic heterocycles. The van der Waals surface area contributed by atoms with E-state index in [2.05, 4.69) is 37.1 Å². The summed E-state index contributed by atoms with van der Waals surface area (Å²) in [7, 11) is 1.88. The van der Waals surface area contributed by atoms with Gasteiger partial charge in [0.05, 0.1) is 11.9 Å². The van der Waals surface area contributed by atoms with Crippen molar-refractivity contribution in [2.75, 3.05) is 37.6 Å². The van der Waals surface area contributed by atoms with E-state index in [-0.39, 0.29) is 11.9 Å². The van der Waals surface area contributed by atoms with Crippen molar-refractivity contribution >= 4 is 11.9 Å². The zero-order valence-electron chi connectivity index (χ0n) is 17.8. The van der Waals surface area contributed by atoms with E-state index >= 15 is 0 Å². The molecule has 4 rings (SSSR count). The Morgan fingerprint density at radius 2 is 2.13 bits per heavy atom. The predicted molar refractivity (Wildman–Crippen MR) is 114 cm³/mol. The minimum Gasteiger partial charge on any atom is -0.380 e. The first kappa shape index (κ1) is 20.7. The molecule has 0 bridgehead atoms. The van der Waals surface area contributed by atoms with Crippen molar-refractivity contribution < 1.29 is 9.90 Å². The molecule has 2 aliphatic rings. The number of aliphatic hydroxyl groups is 1. The van der Waals surface area contributed by atoms with Crippen LogP contribution in [-0.2, 0) is 11.8 Å². The molecule has 2 fully saturated rings. The molecule has 2 saturated heterocycles. The fraction of sp³-hybridized carbons (Fsp3) is 0.619. The SMILES string of the molecule is CCCN1CCC(O)(C(=O)NC2CCN(c3nccc(-c4cnn(C)c4)n3)C2)CC1. The van der Waals surface area contributed by atoms with Crippen LogP contribution in [0.3, 0.4) is 0 Å². The first-order chi connectivity index (χ1) is 14.5. The predicted octanol–water partition coefficient (Wildman–Crippen LogP) is 0.809. The monoisotopic (exact) mass is 413 g/mol. The van der Waals surface area contributed by atoms with Gasteiger partial charge in [0.25, 0.3) is 5.91 Å². The average Bonchev–Trinajstić information content (AvgIpc) is 3.39. The number of aryl methyl sites for hydroxylation is 1. The number of carbonyl (C=O) groups is 1.